The summed E-state index contributed by atoms with van der Waals surface area (Å²) in [6, 6.07) is 0. The van der Waals surface area contributed by atoms with Crippen molar-refractivity contribution in [2.24, 2.45) is 40.4 Å². The van der Waals surface area contributed by atoms with Crippen LogP contribution in [0.25, 0.3) is 0 Å². The molecule has 2 N–H and O–H groups in total. The highest BCUT2D eigenvalue weighted by Gasteiger charge is 2.56. The Labute approximate surface area is 178 Å². The quantitative estimate of drug-likeness (QED) is 0.551. The number of allylic oxidation sites excluding steroid dienone is 3. The van der Waals surface area contributed by atoms with E-state index in [9.17, 15) is 10.2 Å². The smallest absolute Gasteiger partial charge is 0.0578 e. The molecule has 0 heterocycles. The van der Waals surface area contributed by atoms with Crippen LogP contribution in [0.5, 0.6) is 0 Å². The number of fused-ring (bicyclic) bond motifs is 5. The van der Waals surface area contributed by atoms with Gasteiger partial charge in [-0.05, 0) is 91.8 Å². The fourth-order valence-electron chi connectivity index (χ4n) is 8.04. The Bertz CT molecular complexity index is 663. The van der Waals surface area contributed by atoms with E-state index in [4.69, 9.17) is 0 Å². The van der Waals surface area contributed by atoms with Crippen LogP contribution in [-0.4, -0.2) is 22.9 Å². The molecule has 2 heteroatoms. The van der Waals surface area contributed by atoms with Gasteiger partial charge in [0.25, 0.3) is 0 Å². The Morgan fingerprint density at radius 1 is 1.00 bits per heavy atom. The summed E-state index contributed by atoms with van der Waals surface area (Å²) >= 11 is 0. The third-order valence-electron chi connectivity index (χ3n) is 9.97. The molecule has 29 heavy (non-hydrogen) atoms. The summed E-state index contributed by atoms with van der Waals surface area (Å²) in [6.07, 6.45) is 17.1. The van der Waals surface area contributed by atoms with Crippen molar-refractivity contribution in [1.82, 2.24) is 0 Å². The van der Waals surface area contributed by atoms with E-state index < -0.39 is 0 Å². The van der Waals surface area contributed by atoms with E-state index >= 15 is 0 Å². The van der Waals surface area contributed by atoms with Gasteiger partial charge in [0.15, 0.2) is 0 Å². The molecule has 4 aliphatic carbocycles. The molecule has 164 valence electrons. The fraction of sp³-hybridized carbons (Fsp3) is 0.852. The van der Waals surface area contributed by atoms with E-state index in [-0.39, 0.29) is 6.10 Å². The van der Waals surface area contributed by atoms with Crippen LogP contribution in [0.15, 0.2) is 23.3 Å². The van der Waals surface area contributed by atoms with Crippen LogP contribution in [-0.2, 0) is 0 Å². The summed E-state index contributed by atoms with van der Waals surface area (Å²) < 4.78 is 0. The van der Waals surface area contributed by atoms with Crippen molar-refractivity contribution in [3.8, 4) is 0 Å². The van der Waals surface area contributed by atoms with E-state index in [1.54, 1.807) is 5.57 Å². The molecule has 0 aromatic carbocycles. The molecule has 4 aliphatic rings. The van der Waals surface area contributed by atoms with Gasteiger partial charge in [0.05, 0.1) is 6.10 Å². The molecule has 0 radical (unpaired) electrons. The predicted molar refractivity (Wildman–Crippen MR) is 120 cm³/mol. The van der Waals surface area contributed by atoms with Crippen LogP contribution in [0.2, 0.25) is 0 Å². The average molecular weight is 401 g/mol. The van der Waals surface area contributed by atoms with E-state index in [0.717, 1.165) is 37.0 Å². The predicted octanol–water partition coefficient (Wildman–Crippen LogP) is 6.28. The third kappa shape index (κ3) is 3.67. The molecule has 3 fully saturated rings. The summed E-state index contributed by atoms with van der Waals surface area (Å²) in [6.45, 7) is 10.1. The molecule has 4 rings (SSSR count). The highest BCUT2D eigenvalue weighted by Crippen LogP contribution is 2.66. The first kappa shape index (κ1) is 21.6. The van der Waals surface area contributed by atoms with E-state index in [1.165, 1.54) is 50.5 Å². The number of rotatable bonds is 6. The highest BCUT2D eigenvalue weighted by molar-refractivity contribution is 5.38. The van der Waals surface area contributed by atoms with Gasteiger partial charge >= 0.3 is 0 Å². The summed E-state index contributed by atoms with van der Waals surface area (Å²) in [5.41, 5.74) is 4.06. The largest absolute Gasteiger partial charge is 0.396 e. The lowest BCUT2D eigenvalue weighted by Crippen LogP contribution is -2.46. The van der Waals surface area contributed by atoms with Gasteiger partial charge in [-0.25, -0.2) is 0 Å². The Morgan fingerprint density at radius 2 is 1.79 bits per heavy atom. The van der Waals surface area contributed by atoms with Gasteiger partial charge in [-0.3, -0.25) is 0 Å². The first-order valence-corrected chi connectivity index (χ1v) is 12.5. The molecular formula is C27H44O2. The molecule has 0 spiro atoms. The lowest BCUT2D eigenvalue weighted by molar-refractivity contribution is 0.0321. The van der Waals surface area contributed by atoms with E-state index in [2.05, 4.69) is 39.8 Å². The molecule has 8 atom stereocenters. The molecule has 3 saturated carbocycles. The second-order valence-corrected chi connectivity index (χ2v) is 11.7. The van der Waals surface area contributed by atoms with Gasteiger partial charge in [0.1, 0.15) is 0 Å². The van der Waals surface area contributed by atoms with Gasteiger partial charge in [-0.1, -0.05) is 63.8 Å². The lowest BCUT2D eigenvalue weighted by Gasteiger charge is -2.55. The van der Waals surface area contributed by atoms with Crippen molar-refractivity contribution in [3.05, 3.63) is 23.3 Å². The average Bonchev–Trinajstić information content (AvgIpc) is 3.05. The first-order valence-electron chi connectivity index (χ1n) is 12.5. The normalized spacial score (nSPS) is 43.5. The van der Waals surface area contributed by atoms with Crippen molar-refractivity contribution in [2.45, 2.75) is 98.0 Å². The minimum absolute atomic E-state index is 0.122. The zero-order chi connectivity index (χ0) is 20.8. The first-order chi connectivity index (χ1) is 13.8. The molecular weight excluding hydrogens is 356 g/mol. The van der Waals surface area contributed by atoms with E-state index in [1.807, 2.05) is 0 Å². The minimum Gasteiger partial charge on any atom is -0.396 e. The maximum Gasteiger partial charge on any atom is 0.0578 e. The molecule has 0 aromatic heterocycles. The molecule has 0 aromatic rings. The van der Waals surface area contributed by atoms with Crippen molar-refractivity contribution in [3.63, 3.8) is 0 Å². The molecule has 0 bridgehead atoms. The SMILES string of the molecule is C[C@H](CO)CCC[C@@H](C)[C@H]1CC[C@H]2C3=CC=C4C[C@@H](O)CC[C@]4(C)[C@H]3CC[C@]12C. The zero-order valence-electron chi connectivity index (χ0n) is 19.3. The van der Waals surface area contributed by atoms with Gasteiger partial charge < -0.3 is 10.2 Å². The monoisotopic (exact) mass is 400 g/mol. The Hall–Kier alpha value is -0.600. The van der Waals surface area contributed by atoms with Crippen LogP contribution in [0.1, 0.15) is 91.9 Å². The maximum atomic E-state index is 10.2. The van der Waals surface area contributed by atoms with E-state index in [0.29, 0.717) is 29.3 Å². The number of aliphatic hydroxyl groups excluding tert-OH is 2. The topological polar surface area (TPSA) is 40.5 Å². The van der Waals surface area contributed by atoms with Crippen LogP contribution in [0, 0.1) is 40.4 Å². The fourth-order valence-corrected chi connectivity index (χ4v) is 8.04. The Morgan fingerprint density at radius 3 is 2.55 bits per heavy atom. The van der Waals surface area contributed by atoms with Crippen LogP contribution in [0.4, 0.5) is 0 Å². The summed E-state index contributed by atoms with van der Waals surface area (Å²) in [5, 5.41) is 19.5. The number of hydrogen-bond acceptors (Lipinski definition) is 2. The van der Waals surface area contributed by atoms with Crippen LogP contribution >= 0.6 is 0 Å². The maximum absolute atomic E-state index is 10.2. The lowest BCUT2D eigenvalue weighted by atomic mass is 9.50. The van der Waals surface area contributed by atoms with Gasteiger partial charge in [0.2, 0.25) is 0 Å². The summed E-state index contributed by atoms with van der Waals surface area (Å²) in [7, 11) is 0. The van der Waals surface area contributed by atoms with Crippen molar-refractivity contribution >= 4 is 0 Å². The highest BCUT2D eigenvalue weighted by atomic mass is 16.3. The third-order valence-corrected chi connectivity index (χ3v) is 9.97. The zero-order valence-corrected chi connectivity index (χ0v) is 19.3. The van der Waals surface area contributed by atoms with Crippen molar-refractivity contribution in [1.29, 1.82) is 0 Å². The second kappa shape index (κ2) is 8.15. The summed E-state index contributed by atoms with van der Waals surface area (Å²) in [5.74, 6) is 3.58. The van der Waals surface area contributed by atoms with Crippen molar-refractivity contribution in [2.75, 3.05) is 6.61 Å². The molecule has 2 nitrogen and oxygen atoms in total. The molecule has 0 aliphatic heterocycles. The van der Waals surface area contributed by atoms with Gasteiger partial charge in [0, 0.05) is 6.61 Å². The Kier molecular flexibility index (Phi) is 6.08. The minimum atomic E-state index is -0.122. The second-order valence-electron chi connectivity index (χ2n) is 11.7. The van der Waals surface area contributed by atoms with Gasteiger partial charge in [-0.2, -0.15) is 0 Å². The summed E-state index contributed by atoms with van der Waals surface area (Å²) in [4.78, 5) is 0. The molecule has 0 saturated heterocycles. The molecule has 0 amide bonds. The van der Waals surface area contributed by atoms with Gasteiger partial charge in [-0.15, -0.1) is 0 Å². The number of aliphatic hydroxyl groups is 2. The van der Waals surface area contributed by atoms with Crippen molar-refractivity contribution < 1.29 is 10.2 Å². The van der Waals surface area contributed by atoms with Crippen LogP contribution in [0.3, 0.4) is 0 Å². The van der Waals surface area contributed by atoms with Crippen LogP contribution < -0.4 is 0 Å². The number of hydrogen-bond donors (Lipinski definition) is 2. The molecule has 0 unspecified atom stereocenters. The Balaban J connectivity index is 1.49. The standard InChI is InChI=1S/C27H44O2/c1-18(17-28)6-5-7-19(2)23-10-11-24-22-9-8-20-16-21(29)12-14-26(20,3)25(22)13-15-27(23,24)4/h8-9,18-19,21,23-25,28-29H,5-7,10-17H2,1-4H3/t18-,19+,21-,23+,24-,25-,26-,27+/m0/s1.